The van der Waals surface area contributed by atoms with Gasteiger partial charge in [0.15, 0.2) is 5.69 Å². The predicted octanol–water partition coefficient (Wildman–Crippen LogP) is 3.90. The molecule has 1 aliphatic heterocycles. The second kappa shape index (κ2) is 7.58. The molecular formula is C20H21F3N6O. The molecule has 3 aromatic rings. The second-order valence-electron chi connectivity index (χ2n) is 7.43. The molecule has 0 radical (unpaired) electrons. The maximum absolute atomic E-state index is 13.2. The Hall–Kier alpha value is -3.17. The molecule has 0 spiro atoms. The fourth-order valence-corrected chi connectivity index (χ4v) is 4.00. The molecule has 30 heavy (non-hydrogen) atoms. The molecule has 158 valence electrons. The summed E-state index contributed by atoms with van der Waals surface area (Å²) in [6.45, 7) is 2.38. The first-order chi connectivity index (χ1) is 14.3. The molecule has 0 saturated carbocycles. The number of halogens is 3. The number of H-pyrrole nitrogens is 1. The van der Waals surface area contributed by atoms with Gasteiger partial charge in [0.2, 0.25) is 0 Å². The molecule has 10 heteroatoms. The molecule has 1 amide bonds. The average molecular weight is 418 g/mol. The zero-order valence-corrected chi connectivity index (χ0v) is 16.6. The third-order valence-corrected chi connectivity index (χ3v) is 5.47. The molecule has 1 saturated heterocycles. The van der Waals surface area contributed by atoms with Gasteiger partial charge in [-0.3, -0.25) is 19.6 Å². The van der Waals surface area contributed by atoms with Gasteiger partial charge in [0.25, 0.3) is 5.91 Å². The summed E-state index contributed by atoms with van der Waals surface area (Å²) >= 11 is 0. The van der Waals surface area contributed by atoms with Crippen LogP contribution < -0.4 is 0 Å². The number of aromatic nitrogens is 5. The maximum Gasteiger partial charge on any atom is 0.433 e. The van der Waals surface area contributed by atoms with E-state index in [0.717, 1.165) is 41.3 Å². The van der Waals surface area contributed by atoms with Gasteiger partial charge in [-0.05, 0) is 43.4 Å². The Kier molecular flexibility index (Phi) is 5.08. The number of alkyl halides is 3. The molecule has 1 fully saturated rings. The maximum atomic E-state index is 13.2. The van der Waals surface area contributed by atoms with Crippen LogP contribution in [0.5, 0.6) is 0 Å². The number of piperidine rings is 1. The summed E-state index contributed by atoms with van der Waals surface area (Å²) in [6, 6.07) is 2.37. The molecule has 1 aliphatic rings. The van der Waals surface area contributed by atoms with Crippen molar-refractivity contribution >= 4 is 5.91 Å². The zero-order valence-electron chi connectivity index (χ0n) is 16.6. The Morgan fingerprint density at radius 2 is 2.03 bits per heavy atom. The lowest BCUT2D eigenvalue weighted by molar-refractivity contribution is -0.143. The van der Waals surface area contributed by atoms with E-state index in [2.05, 4.69) is 20.3 Å². The molecule has 1 unspecified atom stereocenters. The summed E-state index contributed by atoms with van der Waals surface area (Å²) in [5, 5.41) is 11.0. The molecule has 0 aromatic carbocycles. The smallest absolute Gasteiger partial charge is 0.329 e. The van der Waals surface area contributed by atoms with Gasteiger partial charge in [0.05, 0.1) is 17.9 Å². The van der Waals surface area contributed by atoms with Crippen molar-refractivity contribution < 1.29 is 18.0 Å². The molecule has 4 heterocycles. The Labute approximate surface area is 170 Å². The quantitative estimate of drug-likeness (QED) is 0.700. The van der Waals surface area contributed by atoms with Crippen LogP contribution in [0.3, 0.4) is 0 Å². The van der Waals surface area contributed by atoms with Crippen LogP contribution in [0.15, 0.2) is 30.7 Å². The zero-order chi connectivity index (χ0) is 21.5. The van der Waals surface area contributed by atoms with Gasteiger partial charge >= 0.3 is 6.18 Å². The summed E-state index contributed by atoms with van der Waals surface area (Å²) in [5.74, 6) is -0.516. The molecule has 7 nitrogen and oxygen atoms in total. The Morgan fingerprint density at radius 3 is 2.73 bits per heavy atom. The van der Waals surface area contributed by atoms with Crippen LogP contribution in [0.25, 0.3) is 11.1 Å². The van der Waals surface area contributed by atoms with Crippen molar-refractivity contribution in [1.82, 2.24) is 29.9 Å². The number of hydrogen-bond donors (Lipinski definition) is 1. The number of amides is 1. The van der Waals surface area contributed by atoms with E-state index in [4.69, 9.17) is 0 Å². The largest absolute Gasteiger partial charge is 0.433 e. The van der Waals surface area contributed by atoms with Crippen molar-refractivity contribution in [3.8, 4) is 11.1 Å². The van der Waals surface area contributed by atoms with Gasteiger partial charge in [-0.1, -0.05) is 0 Å². The van der Waals surface area contributed by atoms with Crippen LogP contribution in [0.2, 0.25) is 0 Å². The first kappa shape index (κ1) is 20.1. The van der Waals surface area contributed by atoms with E-state index in [0.29, 0.717) is 17.6 Å². The molecular weight excluding hydrogens is 397 g/mol. The van der Waals surface area contributed by atoms with E-state index in [-0.39, 0.29) is 11.7 Å². The van der Waals surface area contributed by atoms with Gasteiger partial charge < -0.3 is 4.90 Å². The lowest BCUT2D eigenvalue weighted by Crippen LogP contribution is -2.39. The summed E-state index contributed by atoms with van der Waals surface area (Å²) < 4.78 is 40.1. The highest BCUT2D eigenvalue weighted by Gasteiger charge is 2.38. The molecule has 1 atom stereocenters. The Balaban J connectivity index is 1.70. The predicted molar refractivity (Wildman–Crippen MR) is 102 cm³/mol. The van der Waals surface area contributed by atoms with Crippen molar-refractivity contribution in [2.45, 2.75) is 38.4 Å². The number of nitrogens with zero attached hydrogens (tertiary/aromatic N) is 5. The van der Waals surface area contributed by atoms with E-state index in [1.807, 2.05) is 13.0 Å². The molecule has 0 bridgehead atoms. The standard InChI is InChI=1S/C20H21F3N6O/c1-12-10-24-7-6-13(12)14-11-25-26-18(14)16-5-3-4-8-29(16)19(30)15-9-17(20(21,22)23)28(2)27-15/h6-7,9-11,16H,3-5,8H2,1-2H3,(H,25,26). The minimum Gasteiger partial charge on any atom is -0.329 e. The third-order valence-electron chi connectivity index (χ3n) is 5.47. The molecule has 1 N–H and O–H groups in total. The minimum atomic E-state index is -4.57. The Morgan fingerprint density at radius 1 is 1.23 bits per heavy atom. The number of carbonyl (C=O) groups excluding carboxylic acids is 1. The fraction of sp³-hybridized carbons (Fsp3) is 0.400. The van der Waals surface area contributed by atoms with Crippen LogP contribution in [-0.4, -0.2) is 42.3 Å². The number of carbonyl (C=O) groups is 1. The highest BCUT2D eigenvalue weighted by Crippen LogP contribution is 2.37. The summed E-state index contributed by atoms with van der Waals surface area (Å²) in [4.78, 5) is 18.9. The number of hydrogen-bond acceptors (Lipinski definition) is 4. The molecule has 4 rings (SSSR count). The van der Waals surface area contributed by atoms with Crippen molar-refractivity contribution in [3.05, 3.63) is 53.4 Å². The van der Waals surface area contributed by atoms with Crippen LogP contribution in [0, 0.1) is 6.92 Å². The highest BCUT2D eigenvalue weighted by molar-refractivity contribution is 5.93. The topological polar surface area (TPSA) is 79.7 Å². The molecule has 0 aliphatic carbocycles. The normalized spacial score (nSPS) is 17.4. The van der Waals surface area contributed by atoms with Gasteiger partial charge in [0.1, 0.15) is 5.69 Å². The van der Waals surface area contributed by atoms with Crippen molar-refractivity contribution in [3.63, 3.8) is 0 Å². The van der Waals surface area contributed by atoms with Crippen LogP contribution in [0.4, 0.5) is 13.2 Å². The third kappa shape index (κ3) is 3.57. The number of likely N-dealkylation sites (tertiary alicyclic amines) is 1. The number of pyridine rings is 1. The minimum absolute atomic E-state index is 0.210. The van der Waals surface area contributed by atoms with Gasteiger partial charge in [-0.25, -0.2) is 0 Å². The fourth-order valence-electron chi connectivity index (χ4n) is 4.00. The van der Waals surface area contributed by atoms with E-state index in [9.17, 15) is 18.0 Å². The van der Waals surface area contributed by atoms with Gasteiger partial charge in [0, 0.05) is 37.6 Å². The van der Waals surface area contributed by atoms with Crippen LogP contribution >= 0.6 is 0 Å². The van der Waals surface area contributed by atoms with E-state index >= 15 is 0 Å². The first-order valence-corrected chi connectivity index (χ1v) is 9.64. The molecule has 3 aromatic heterocycles. The highest BCUT2D eigenvalue weighted by atomic mass is 19.4. The van der Waals surface area contributed by atoms with Gasteiger partial charge in [-0.15, -0.1) is 0 Å². The summed E-state index contributed by atoms with van der Waals surface area (Å²) in [6.07, 6.45) is 2.94. The van der Waals surface area contributed by atoms with E-state index < -0.39 is 17.8 Å². The second-order valence-corrected chi connectivity index (χ2v) is 7.43. The Bertz CT molecular complexity index is 1070. The summed E-state index contributed by atoms with van der Waals surface area (Å²) in [5.41, 5.74) is 2.38. The average Bonchev–Trinajstić information content (AvgIpc) is 3.34. The SMILES string of the molecule is Cc1cnccc1-c1cn[nH]c1C1CCCCN1C(=O)c1cc(C(F)(F)F)n(C)n1. The van der Waals surface area contributed by atoms with Gasteiger partial charge in [-0.2, -0.15) is 23.4 Å². The number of rotatable bonds is 3. The van der Waals surface area contributed by atoms with E-state index in [1.165, 1.54) is 7.05 Å². The lowest BCUT2D eigenvalue weighted by Gasteiger charge is -2.35. The van der Waals surface area contributed by atoms with Crippen molar-refractivity contribution in [2.75, 3.05) is 6.54 Å². The van der Waals surface area contributed by atoms with Crippen LogP contribution in [0.1, 0.15) is 52.7 Å². The van der Waals surface area contributed by atoms with E-state index in [1.54, 1.807) is 23.5 Å². The summed E-state index contributed by atoms with van der Waals surface area (Å²) in [7, 11) is 1.19. The number of aryl methyl sites for hydroxylation is 2. The van der Waals surface area contributed by atoms with Crippen LogP contribution in [-0.2, 0) is 13.2 Å². The monoisotopic (exact) mass is 418 g/mol. The number of nitrogens with one attached hydrogen (secondary N) is 1. The first-order valence-electron chi connectivity index (χ1n) is 9.64. The van der Waals surface area contributed by atoms with Crippen molar-refractivity contribution in [2.24, 2.45) is 7.05 Å². The van der Waals surface area contributed by atoms with Crippen molar-refractivity contribution in [1.29, 1.82) is 0 Å². The number of aromatic amines is 1. The lowest BCUT2D eigenvalue weighted by atomic mass is 9.93.